The minimum atomic E-state index is -0.334. The van der Waals surface area contributed by atoms with Crippen LogP contribution in [0, 0.1) is 6.92 Å². The normalized spacial score (nSPS) is 13.3. The number of benzene rings is 1. The summed E-state index contributed by atoms with van der Waals surface area (Å²) in [7, 11) is 1.54. The first-order chi connectivity index (χ1) is 13.5. The van der Waals surface area contributed by atoms with Crippen molar-refractivity contribution in [2.45, 2.75) is 19.8 Å². The van der Waals surface area contributed by atoms with Gasteiger partial charge in [-0.3, -0.25) is 0 Å². The van der Waals surface area contributed by atoms with Gasteiger partial charge in [-0.25, -0.2) is 14.8 Å². The summed E-state index contributed by atoms with van der Waals surface area (Å²) >= 11 is 5.97. The van der Waals surface area contributed by atoms with Gasteiger partial charge in [0.05, 0.1) is 12.8 Å². The predicted molar refractivity (Wildman–Crippen MR) is 112 cm³/mol. The summed E-state index contributed by atoms with van der Waals surface area (Å²) < 4.78 is 5.22. The molecule has 1 aromatic heterocycles. The number of nitrogens with zero attached hydrogens (tertiary/aromatic N) is 3. The number of urea groups is 1. The van der Waals surface area contributed by atoms with Crippen LogP contribution in [0.2, 0.25) is 5.02 Å². The van der Waals surface area contributed by atoms with E-state index >= 15 is 0 Å². The van der Waals surface area contributed by atoms with Gasteiger partial charge in [0.25, 0.3) is 0 Å². The van der Waals surface area contributed by atoms with Gasteiger partial charge in [-0.15, -0.1) is 0 Å². The molecule has 0 spiro atoms. The lowest BCUT2D eigenvalue weighted by Gasteiger charge is -2.18. The number of carbonyl (C=O) groups is 1. The molecule has 3 rings (SSSR count). The van der Waals surface area contributed by atoms with Gasteiger partial charge in [-0.2, -0.15) is 0 Å². The Balaban J connectivity index is 1.48. The number of hydrogen-bond donors (Lipinski definition) is 3. The van der Waals surface area contributed by atoms with Crippen molar-refractivity contribution < 1.29 is 9.53 Å². The Morgan fingerprint density at radius 1 is 1.21 bits per heavy atom. The summed E-state index contributed by atoms with van der Waals surface area (Å²) in [6.45, 7) is 4.91. The number of ether oxygens (including phenoxy) is 1. The summed E-state index contributed by atoms with van der Waals surface area (Å²) in [5.41, 5.74) is 0.516. The summed E-state index contributed by atoms with van der Waals surface area (Å²) in [4.78, 5) is 23.3. The van der Waals surface area contributed by atoms with Crippen LogP contribution in [0.1, 0.15) is 18.7 Å². The summed E-state index contributed by atoms with van der Waals surface area (Å²) in [6.07, 6.45) is 2.39. The van der Waals surface area contributed by atoms with Crippen LogP contribution in [0.15, 0.2) is 24.3 Å². The molecule has 2 aromatic rings. The van der Waals surface area contributed by atoms with Crippen LogP contribution in [-0.2, 0) is 0 Å². The number of halogens is 1. The van der Waals surface area contributed by atoms with Gasteiger partial charge in [-0.1, -0.05) is 11.6 Å². The third-order valence-electron chi connectivity index (χ3n) is 4.38. The number of aryl methyl sites for hydroxylation is 1. The fraction of sp³-hybridized carbons (Fsp3) is 0.421. The highest BCUT2D eigenvalue weighted by molar-refractivity contribution is 6.31. The van der Waals surface area contributed by atoms with Crippen LogP contribution in [-0.4, -0.2) is 49.3 Å². The maximum absolute atomic E-state index is 12.1. The molecular formula is C19H25ClN6O2. The lowest BCUT2D eigenvalue weighted by molar-refractivity contribution is 0.252. The number of hydrogen-bond acceptors (Lipinski definition) is 6. The first kappa shape index (κ1) is 20.0. The molecule has 1 saturated heterocycles. The molecule has 2 amide bonds. The molecule has 0 aliphatic carbocycles. The third-order valence-corrected chi connectivity index (χ3v) is 4.62. The molecule has 1 aromatic carbocycles. The van der Waals surface area contributed by atoms with E-state index in [1.165, 1.54) is 20.0 Å². The minimum absolute atomic E-state index is 0.334. The van der Waals surface area contributed by atoms with Gasteiger partial charge in [0.1, 0.15) is 23.2 Å². The third kappa shape index (κ3) is 5.39. The van der Waals surface area contributed by atoms with E-state index in [0.29, 0.717) is 29.5 Å². The maximum atomic E-state index is 12.1. The molecule has 8 nitrogen and oxygen atoms in total. The van der Waals surface area contributed by atoms with E-state index in [9.17, 15) is 4.79 Å². The molecule has 1 aliphatic heterocycles. The Morgan fingerprint density at radius 3 is 2.75 bits per heavy atom. The van der Waals surface area contributed by atoms with E-state index in [1.54, 1.807) is 18.2 Å². The molecule has 150 valence electrons. The Hall–Kier alpha value is -2.74. The molecular weight excluding hydrogens is 380 g/mol. The number of rotatable bonds is 7. The number of methoxy groups -OCH3 is 1. The highest BCUT2D eigenvalue weighted by Gasteiger charge is 2.15. The first-order valence-electron chi connectivity index (χ1n) is 9.28. The van der Waals surface area contributed by atoms with Crippen LogP contribution in [0.4, 0.5) is 22.1 Å². The van der Waals surface area contributed by atoms with Crippen molar-refractivity contribution in [3.8, 4) is 5.75 Å². The standard InChI is InChI=1S/C19H25ClN6O2/c1-13-23-17(12-18(24-13)26-9-3-4-10-26)21-7-8-22-19(27)25-15-11-14(20)5-6-16(15)28-2/h5-6,11-12H,3-4,7-10H2,1-2H3,(H,21,23,24)(H2,22,25,27). The van der Waals surface area contributed by atoms with Crippen LogP contribution in [0.3, 0.4) is 0 Å². The second-order valence-corrected chi connectivity index (χ2v) is 6.94. The van der Waals surface area contributed by atoms with Crippen molar-refractivity contribution in [2.75, 3.05) is 48.8 Å². The quantitative estimate of drug-likeness (QED) is 0.613. The van der Waals surface area contributed by atoms with Crippen LogP contribution >= 0.6 is 11.6 Å². The molecule has 2 heterocycles. The average Bonchev–Trinajstić information content (AvgIpc) is 3.20. The van der Waals surface area contributed by atoms with E-state index in [0.717, 1.165) is 30.5 Å². The molecule has 3 N–H and O–H groups in total. The highest BCUT2D eigenvalue weighted by Crippen LogP contribution is 2.27. The van der Waals surface area contributed by atoms with Crippen molar-refractivity contribution in [1.29, 1.82) is 0 Å². The Kier molecular flexibility index (Phi) is 6.76. The molecule has 0 radical (unpaired) electrons. The zero-order valence-electron chi connectivity index (χ0n) is 16.1. The van der Waals surface area contributed by atoms with E-state index in [4.69, 9.17) is 16.3 Å². The number of nitrogens with one attached hydrogen (secondary N) is 3. The maximum Gasteiger partial charge on any atom is 0.319 e. The zero-order chi connectivity index (χ0) is 19.9. The molecule has 0 atom stereocenters. The smallest absolute Gasteiger partial charge is 0.319 e. The molecule has 0 unspecified atom stereocenters. The lowest BCUT2D eigenvalue weighted by Crippen LogP contribution is -2.33. The molecule has 28 heavy (non-hydrogen) atoms. The topological polar surface area (TPSA) is 91.4 Å². The first-order valence-corrected chi connectivity index (χ1v) is 9.66. The molecule has 9 heteroatoms. The Morgan fingerprint density at radius 2 is 2.00 bits per heavy atom. The van der Waals surface area contributed by atoms with Crippen molar-refractivity contribution in [3.05, 3.63) is 35.1 Å². The van der Waals surface area contributed by atoms with Gasteiger partial charge in [-0.05, 0) is 38.0 Å². The monoisotopic (exact) mass is 404 g/mol. The molecule has 0 saturated carbocycles. The fourth-order valence-corrected chi connectivity index (χ4v) is 3.23. The van der Waals surface area contributed by atoms with Gasteiger partial charge in [0.15, 0.2) is 0 Å². The van der Waals surface area contributed by atoms with Gasteiger partial charge >= 0.3 is 6.03 Å². The zero-order valence-corrected chi connectivity index (χ0v) is 16.8. The second kappa shape index (κ2) is 9.45. The van der Waals surface area contributed by atoms with E-state index in [-0.39, 0.29) is 6.03 Å². The van der Waals surface area contributed by atoms with Crippen molar-refractivity contribution in [3.63, 3.8) is 0 Å². The molecule has 1 fully saturated rings. The Labute approximate surface area is 169 Å². The number of anilines is 3. The van der Waals surface area contributed by atoms with Crippen molar-refractivity contribution in [1.82, 2.24) is 15.3 Å². The van der Waals surface area contributed by atoms with Crippen LogP contribution < -0.4 is 25.6 Å². The van der Waals surface area contributed by atoms with E-state index in [2.05, 4.69) is 30.8 Å². The van der Waals surface area contributed by atoms with Crippen LogP contribution in [0.25, 0.3) is 0 Å². The average molecular weight is 405 g/mol. The summed E-state index contributed by atoms with van der Waals surface area (Å²) in [5, 5.41) is 9.28. The number of amides is 2. The largest absolute Gasteiger partial charge is 0.495 e. The van der Waals surface area contributed by atoms with Gasteiger partial charge < -0.3 is 25.6 Å². The SMILES string of the molecule is COc1ccc(Cl)cc1NC(=O)NCCNc1cc(N2CCCC2)nc(C)n1. The Bertz CT molecular complexity index is 826. The minimum Gasteiger partial charge on any atom is -0.495 e. The molecule has 0 bridgehead atoms. The highest BCUT2D eigenvalue weighted by atomic mass is 35.5. The van der Waals surface area contributed by atoms with Crippen LogP contribution in [0.5, 0.6) is 5.75 Å². The summed E-state index contributed by atoms with van der Waals surface area (Å²) in [6, 6.07) is 6.67. The van der Waals surface area contributed by atoms with Gasteiger partial charge in [0.2, 0.25) is 0 Å². The fourth-order valence-electron chi connectivity index (χ4n) is 3.06. The van der Waals surface area contributed by atoms with E-state index < -0.39 is 0 Å². The van der Waals surface area contributed by atoms with E-state index in [1.807, 2.05) is 13.0 Å². The number of aromatic nitrogens is 2. The van der Waals surface area contributed by atoms with Crippen molar-refractivity contribution >= 4 is 35.0 Å². The lowest BCUT2D eigenvalue weighted by atomic mass is 10.3. The summed E-state index contributed by atoms with van der Waals surface area (Å²) in [5.74, 6) is 2.98. The number of carbonyl (C=O) groups excluding carboxylic acids is 1. The predicted octanol–water partition coefficient (Wildman–Crippen LogP) is 3.28. The van der Waals surface area contributed by atoms with Gasteiger partial charge in [0, 0.05) is 37.3 Å². The second-order valence-electron chi connectivity index (χ2n) is 6.51. The molecule has 1 aliphatic rings. The van der Waals surface area contributed by atoms with Crippen molar-refractivity contribution in [2.24, 2.45) is 0 Å².